The summed E-state index contributed by atoms with van der Waals surface area (Å²) in [4.78, 5) is 39.5. The lowest BCUT2D eigenvalue weighted by Gasteiger charge is -2.42. The van der Waals surface area contributed by atoms with Crippen molar-refractivity contribution in [2.75, 3.05) is 30.3 Å². The molecule has 3 N–H and O–H groups in total. The van der Waals surface area contributed by atoms with Crippen LogP contribution in [0.25, 0.3) is 10.3 Å². The highest BCUT2D eigenvalue weighted by Crippen LogP contribution is 2.37. The van der Waals surface area contributed by atoms with E-state index in [1.807, 2.05) is 50.8 Å². The first kappa shape index (κ1) is 26.5. The summed E-state index contributed by atoms with van der Waals surface area (Å²) in [5.74, 6) is -0.231. The van der Waals surface area contributed by atoms with Crippen LogP contribution in [-0.4, -0.2) is 64.2 Å². The molecule has 4 heterocycles. The number of nitrogens with two attached hydrogens (primary N) is 1. The number of benzene rings is 1. The highest BCUT2D eigenvalue weighted by molar-refractivity contribution is 7.21. The highest BCUT2D eigenvalue weighted by Gasteiger charge is 2.44. The molecule has 2 unspecified atom stereocenters. The number of thiophene rings is 1. The number of ether oxygens (including phenoxy) is 1. The minimum Gasteiger partial charge on any atom is -0.444 e. The van der Waals surface area contributed by atoms with Crippen molar-refractivity contribution in [2.45, 2.75) is 64.6 Å². The first-order valence-corrected chi connectivity index (χ1v) is 14.0. The minimum absolute atomic E-state index is 0.116. The van der Waals surface area contributed by atoms with Crippen molar-refractivity contribution in [1.82, 2.24) is 20.2 Å². The maximum atomic E-state index is 12.8. The van der Waals surface area contributed by atoms with Crippen LogP contribution in [0.4, 0.5) is 16.2 Å². The second-order valence-electron chi connectivity index (χ2n) is 11.0. The molecule has 3 aromatic rings. The molecule has 2 fully saturated rings. The fourth-order valence-corrected chi connectivity index (χ4v) is 6.55. The highest BCUT2D eigenvalue weighted by atomic mass is 35.5. The van der Waals surface area contributed by atoms with E-state index in [4.69, 9.17) is 22.1 Å². The van der Waals surface area contributed by atoms with Gasteiger partial charge in [-0.15, -0.1) is 11.3 Å². The van der Waals surface area contributed by atoms with Crippen molar-refractivity contribution in [2.24, 2.45) is 0 Å². The van der Waals surface area contributed by atoms with Gasteiger partial charge in [0.05, 0.1) is 34.2 Å². The Morgan fingerprint density at radius 2 is 1.95 bits per heavy atom. The molecule has 0 saturated carbocycles. The Hall–Kier alpha value is -3.11. The summed E-state index contributed by atoms with van der Waals surface area (Å²) in [5.41, 5.74) is 9.34. The lowest BCUT2D eigenvalue weighted by molar-refractivity contribution is 0.0123. The number of hydrogen-bond acceptors (Lipinski definition) is 8. The molecule has 2 aliphatic rings. The molecule has 2 bridgehead atoms. The quantitative estimate of drug-likeness (QED) is 0.464. The van der Waals surface area contributed by atoms with Gasteiger partial charge in [-0.2, -0.15) is 0 Å². The Morgan fingerprint density at radius 1 is 1.24 bits per heavy atom. The number of nitrogen functional groups attached to an aromatic ring is 1. The summed E-state index contributed by atoms with van der Waals surface area (Å²) < 4.78 is 5.65. The summed E-state index contributed by atoms with van der Waals surface area (Å²) in [5, 5.41) is 3.61. The van der Waals surface area contributed by atoms with E-state index in [-0.39, 0.29) is 24.1 Å². The Kier molecular flexibility index (Phi) is 7.13. The monoisotopic (exact) mass is 556 g/mol. The summed E-state index contributed by atoms with van der Waals surface area (Å²) in [6.07, 6.45) is 3.97. The Morgan fingerprint density at radius 3 is 2.61 bits per heavy atom. The number of carbonyl (C=O) groups is 2. The van der Waals surface area contributed by atoms with Crippen molar-refractivity contribution in [3.8, 4) is 0 Å². The third kappa shape index (κ3) is 5.37. The predicted molar refractivity (Wildman–Crippen MR) is 151 cm³/mol. The zero-order valence-electron chi connectivity index (χ0n) is 22.1. The van der Waals surface area contributed by atoms with Crippen LogP contribution in [0, 0.1) is 6.92 Å². The van der Waals surface area contributed by atoms with Crippen LogP contribution in [-0.2, 0) is 11.2 Å². The van der Waals surface area contributed by atoms with Gasteiger partial charge in [-0.25, -0.2) is 14.8 Å². The van der Waals surface area contributed by atoms with Crippen LogP contribution >= 0.6 is 22.9 Å². The number of aryl methyl sites for hydroxylation is 1. The molecule has 11 heteroatoms. The van der Waals surface area contributed by atoms with Gasteiger partial charge in [0.15, 0.2) is 0 Å². The second kappa shape index (κ2) is 10.2. The number of piperazine rings is 1. The molecule has 202 valence electrons. The average molecular weight is 557 g/mol. The first-order chi connectivity index (χ1) is 18.0. The van der Waals surface area contributed by atoms with Crippen LogP contribution in [0.2, 0.25) is 5.02 Å². The van der Waals surface area contributed by atoms with Crippen LogP contribution in [0.5, 0.6) is 0 Å². The molecular formula is C27H33ClN6O3S. The number of carbonyl (C=O) groups excluding carboxylic acids is 2. The van der Waals surface area contributed by atoms with Gasteiger partial charge in [0.1, 0.15) is 20.8 Å². The molecule has 0 spiro atoms. The standard InChI is InChI=1S/C27H33ClN6O3S/c1-15-12-31-22-21(29)23(38-25(22)32-15)24(35)30-10-9-16-5-8-20(19(28)11-16)33-13-17-6-7-18(14-33)34(17)26(36)37-27(2,3)4/h5,8,11-12,17-18H,6-7,9-10,13-14,29H2,1-4H3,(H,30,35). The number of halogens is 1. The molecule has 0 radical (unpaired) electrons. The van der Waals surface area contributed by atoms with E-state index in [1.54, 1.807) is 6.20 Å². The summed E-state index contributed by atoms with van der Waals surface area (Å²) >= 11 is 7.97. The normalized spacial score (nSPS) is 19.2. The van der Waals surface area contributed by atoms with Gasteiger partial charge in [-0.05, 0) is 64.7 Å². The van der Waals surface area contributed by atoms with Gasteiger partial charge in [-0.1, -0.05) is 17.7 Å². The molecule has 1 aromatic carbocycles. The van der Waals surface area contributed by atoms with Crippen molar-refractivity contribution in [3.63, 3.8) is 0 Å². The lowest BCUT2D eigenvalue weighted by Crippen LogP contribution is -2.56. The number of hydrogen-bond donors (Lipinski definition) is 2. The van der Waals surface area contributed by atoms with Gasteiger partial charge in [0.25, 0.3) is 5.91 Å². The number of amides is 2. The van der Waals surface area contributed by atoms with Gasteiger partial charge < -0.3 is 20.7 Å². The molecule has 2 aliphatic heterocycles. The van der Waals surface area contributed by atoms with Crippen LogP contribution in [0.15, 0.2) is 24.4 Å². The van der Waals surface area contributed by atoms with Crippen molar-refractivity contribution in [1.29, 1.82) is 0 Å². The average Bonchev–Trinajstić information content (AvgIpc) is 3.30. The number of aromatic nitrogens is 2. The Bertz CT molecular complexity index is 1370. The van der Waals surface area contributed by atoms with Gasteiger partial charge >= 0.3 is 6.09 Å². The lowest BCUT2D eigenvalue weighted by atomic mass is 10.1. The van der Waals surface area contributed by atoms with Gasteiger partial charge in [-0.3, -0.25) is 9.69 Å². The molecule has 2 atom stereocenters. The van der Waals surface area contributed by atoms with Crippen LogP contribution in [0.3, 0.4) is 0 Å². The fourth-order valence-electron chi connectivity index (χ4n) is 5.21. The molecule has 0 aliphatic carbocycles. The van der Waals surface area contributed by atoms with E-state index in [2.05, 4.69) is 20.2 Å². The fraction of sp³-hybridized carbons (Fsp3) is 0.481. The van der Waals surface area contributed by atoms with Crippen LogP contribution in [0.1, 0.15) is 54.5 Å². The first-order valence-electron chi connectivity index (χ1n) is 12.8. The number of rotatable bonds is 5. The van der Waals surface area contributed by atoms with E-state index >= 15 is 0 Å². The molecule has 38 heavy (non-hydrogen) atoms. The van der Waals surface area contributed by atoms with Gasteiger partial charge in [0, 0.05) is 25.8 Å². The van der Waals surface area contributed by atoms with E-state index in [0.717, 1.165) is 42.9 Å². The second-order valence-corrected chi connectivity index (χ2v) is 12.4. The van der Waals surface area contributed by atoms with E-state index in [9.17, 15) is 9.59 Å². The number of nitrogens with zero attached hydrogens (tertiary/aromatic N) is 4. The zero-order valence-corrected chi connectivity index (χ0v) is 23.7. The third-order valence-corrected chi connectivity index (χ3v) is 8.29. The smallest absolute Gasteiger partial charge is 0.410 e. The summed E-state index contributed by atoms with van der Waals surface area (Å²) in [6.45, 7) is 9.43. The molecule has 9 nitrogen and oxygen atoms in total. The Labute approximate surface area is 231 Å². The number of fused-ring (bicyclic) bond motifs is 3. The largest absolute Gasteiger partial charge is 0.444 e. The predicted octanol–water partition coefficient (Wildman–Crippen LogP) is 4.80. The van der Waals surface area contributed by atoms with Crippen molar-refractivity contribution < 1.29 is 14.3 Å². The maximum Gasteiger partial charge on any atom is 0.410 e. The number of anilines is 2. The SMILES string of the molecule is Cc1cnc2c(N)c(C(=O)NCCc3ccc(N4CC5CCC(C4)N5C(=O)OC(C)(C)C)c(Cl)c3)sc2n1. The van der Waals surface area contributed by atoms with E-state index in [0.29, 0.717) is 38.9 Å². The maximum absolute atomic E-state index is 12.8. The Balaban J connectivity index is 1.18. The summed E-state index contributed by atoms with van der Waals surface area (Å²) in [6, 6.07) is 6.26. The zero-order chi connectivity index (χ0) is 27.2. The van der Waals surface area contributed by atoms with Crippen molar-refractivity contribution >= 4 is 56.7 Å². The van der Waals surface area contributed by atoms with E-state index < -0.39 is 5.60 Å². The van der Waals surface area contributed by atoms with Crippen LogP contribution < -0.4 is 16.0 Å². The van der Waals surface area contributed by atoms with Crippen molar-refractivity contribution in [3.05, 3.63) is 45.6 Å². The summed E-state index contributed by atoms with van der Waals surface area (Å²) in [7, 11) is 0. The van der Waals surface area contributed by atoms with Gasteiger partial charge in [0.2, 0.25) is 0 Å². The molecular weight excluding hydrogens is 524 g/mol. The third-order valence-electron chi connectivity index (χ3n) is 6.90. The topological polar surface area (TPSA) is 114 Å². The molecule has 2 aromatic heterocycles. The molecule has 2 saturated heterocycles. The van der Waals surface area contributed by atoms with E-state index in [1.165, 1.54) is 11.3 Å². The minimum atomic E-state index is -0.510. The molecule has 2 amide bonds. The molecule has 5 rings (SSSR count). The number of nitrogens with one attached hydrogen (secondary N) is 1.